The van der Waals surface area contributed by atoms with Crippen molar-refractivity contribution in [2.24, 2.45) is 0 Å². The van der Waals surface area contributed by atoms with Crippen molar-refractivity contribution < 1.29 is 0 Å². The molecule has 0 radical (unpaired) electrons. The summed E-state index contributed by atoms with van der Waals surface area (Å²) in [4.78, 5) is 0. The Labute approximate surface area is 103 Å². The van der Waals surface area contributed by atoms with Gasteiger partial charge in [-0.15, -0.1) is 0 Å². The molecule has 1 aliphatic carbocycles. The van der Waals surface area contributed by atoms with Crippen LogP contribution in [0.1, 0.15) is 28.8 Å². The third kappa shape index (κ3) is 1.75. The molecule has 0 unspecified atom stereocenters. The van der Waals surface area contributed by atoms with Gasteiger partial charge in [-0.1, -0.05) is 12.1 Å². The molecule has 0 aliphatic heterocycles. The summed E-state index contributed by atoms with van der Waals surface area (Å²) in [7, 11) is 0. The molecule has 4 heteroatoms. The van der Waals surface area contributed by atoms with Crippen LogP contribution in [0.2, 0.25) is 0 Å². The second-order valence-corrected chi connectivity index (χ2v) is 4.49. The zero-order valence-corrected chi connectivity index (χ0v) is 9.87. The fourth-order valence-corrected chi connectivity index (χ4v) is 2.57. The van der Waals surface area contributed by atoms with Gasteiger partial charge in [0.1, 0.15) is 5.69 Å². The van der Waals surface area contributed by atoms with E-state index in [-0.39, 0.29) is 0 Å². The first-order valence-electron chi connectivity index (χ1n) is 5.40. The van der Waals surface area contributed by atoms with Gasteiger partial charge in [0.25, 0.3) is 0 Å². The highest BCUT2D eigenvalue weighted by atomic mass is 32.1. The highest BCUT2D eigenvalue weighted by molar-refractivity contribution is 6.99. The van der Waals surface area contributed by atoms with E-state index >= 15 is 0 Å². The van der Waals surface area contributed by atoms with Gasteiger partial charge in [-0.05, 0) is 36.1 Å². The van der Waals surface area contributed by atoms with E-state index in [1.807, 2.05) is 18.2 Å². The summed E-state index contributed by atoms with van der Waals surface area (Å²) < 4.78 is 8.32. The minimum atomic E-state index is 0.724. The van der Waals surface area contributed by atoms with Gasteiger partial charge in [-0.2, -0.15) is 14.0 Å². The molecule has 0 N–H and O–H groups in total. The van der Waals surface area contributed by atoms with Crippen molar-refractivity contribution in [2.75, 3.05) is 0 Å². The average molecular weight is 239 g/mol. The van der Waals surface area contributed by atoms with Crippen molar-refractivity contribution in [3.8, 4) is 6.07 Å². The van der Waals surface area contributed by atoms with Gasteiger partial charge in [-0.25, -0.2) is 0 Å². The minimum absolute atomic E-state index is 0.724. The molecule has 1 heterocycles. The molecule has 0 fully saturated rings. The van der Waals surface area contributed by atoms with Crippen LogP contribution in [0.5, 0.6) is 0 Å². The molecule has 0 saturated carbocycles. The maximum absolute atomic E-state index is 8.90. The summed E-state index contributed by atoms with van der Waals surface area (Å²) >= 11 is 1.22. The van der Waals surface area contributed by atoms with Crippen LogP contribution in [0.25, 0.3) is 5.57 Å². The van der Waals surface area contributed by atoms with E-state index in [1.54, 1.807) is 6.20 Å². The molecule has 0 spiro atoms. The highest BCUT2D eigenvalue weighted by Crippen LogP contribution is 2.31. The maximum atomic E-state index is 8.90. The van der Waals surface area contributed by atoms with Gasteiger partial charge in [0, 0.05) is 5.57 Å². The van der Waals surface area contributed by atoms with E-state index < -0.39 is 0 Å². The van der Waals surface area contributed by atoms with E-state index in [0.717, 1.165) is 29.7 Å². The number of aromatic nitrogens is 2. The molecule has 0 bridgehead atoms. The lowest BCUT2D eigenvalue weighted by atomic mass is 9.88. The number of benzene rings is 1. The number of fused-ring (bicyclic) bond motifs is 1. The van der Waals surface area contributed by atoms with Crippen LogP contribution in [-0.2, 0) is 6.42 Å². The van der Waals surface area contributed by atoms with Gasteiger partial charge in [0.05, 0.1) is 29.6 Å². The third-order valence-electron chi connectivity index (χ3n) is 2.92. The summed E-state index contributed by atoms with van der Waals surface area (Å²) in [6.07, 6.45) is 5.98. The largest absolute Gasteiger partial charge is 0.192 e. The summed E-state index contributed by atoms with van der Waals surface area (Å²) in [6, 6.07) is 8.03. The molecule has 1 aromatic carbocycles. The number of hydrogen-bond acceptors (Lipinski definition) is 4. The van der Waals surface area contributed by atoms with Crippen molar-refractivity contribution in [1.82, 2.24) is 8.75 Å². The summed E-state index contributed by atoms with van der Waals surface area (Å²) in [6.45, 7) is 0. The molecular formula is C13H9N3S. The predicted molar refractivity (Wildman–Crippen MR) is 66.5 cm³/mol. The quantitative estimate of drug-likeness (QED) is 0.768. The van der Waals surface area contributed by atoms with E-state index in [0.29, 0.717) is 0 Å². The van der Waals surface area contributed by atoms with Crippen LogP contribution in [0.3, 0.4) is 0 Å². The van der Waals surface area contributed by atoms with Crippen molar-refractivity contribution in [3.05, 3.63) is 52.9 Å². The lowest BCUT2D eigenvalue weighted by molar-refractivity contribution is 0.975. The Morgan fingerprint density at radius 1 is 1.35 bits per heavy atom. The maximum Gasteiger partial charge on any atom is 0.104 e. The second kappa shape index (κ2) is 4.11. The van der Waals surface area contributed by atoms with Crippen molar-refractivity contribution in [3.63, 3.8) is 0 Å². The van der Waals surface area contributed by atoms with Crippen molar-refractivity contribution in [2.45, 2.75) is 12.8 Å². The molecule has 1 aliphatic rings. The molecule has 82 valence electrons. The Morgan fingerprint density at radius 2 is 2.29 bits per heavy atom. The molecule has 3 nitrogen and oxygen atoms in total. The van der Waals surface area contributed by atoms with Crippen molar-refractivity contribution >= 4 is 17.3 Å². The normalized spacial score (nSPS) is 13.7. The van der Waals surface area contributed by atoms with Crippen LogP contribution in [-0.4, -0.2) is 8.75 Å². The van der Waals surface area contributed by atoms with Crippen molar-refractivity contribution in [1.29, 1.82) is 5.26 Å². The fourth-order valence-electron chi connectivity index (χ4n) is 2.14. The number of allylic oxidation sites excluding steroid dienone is 1. The summed E-state index contributed by atoms with van der Waals surface area (Å²) in [5.74, 6) is 0. The van der Waals surface area contributed by atoms with Crippen LogP contribution in [0.4, 0.5) is 0 Å². The van der Waals surface area contributed by atoms with E-state index in [1.165, 1.54) is 22.9 Å². The van der Waals surface area contributed by atoms with Crippen LogP contribution in [0, 0.1) is 11.3 Å². The summed E-state index contributed by atoms with van der Waals surface area (Å²) in [5.41, 5.74) is 5.21. The van der Waals surface area contributed by atoms with E-state index in [9.17, 15) is 0 Å². The van der Waals surface area contributed by atoms with Gasteiger partial charge >= 0.3 is 0 Å². The Hall–Kier alpha value is -1.99. The lowest BCUT2D eigenvalue weighted by Gasteiger charge is -2.16. The lowest BCUT2D eigenvalue weighted by Crippen LogP contribution is -2.01. The minimum Gasteiger partial charge on any atom is -0.192 e. The Bertz CT molecular complexity index is 621. The molecule has 0 saturated heterocycles. The zero-order chi connectivity index (χ0) is 11.7. The van der Waals surface area contributed by atoms with Gasteiger partial charge < -0.3 is 0 Å². The fraction of sp³-hybridized carbons (Fsp3) is 0.154. The monoisotopic (exact) mass is 239 g/mol. The third-order valence-corrected chi connectivity index (χ3v) is 3.40. The Morgan fingerprint density at radius 3 is 3.06 bits per heavy atom. The number of hydrogen-bond donors (Lipinski definition) is 0. The first-order valence-corrected chi connectivity index (χ1v) is 6.13. The van der Waals surface area contributed by atoms with Gasteiger partial charge in [0.15, 0.2) is 0 Å². The molecular weight excluding hydrogens is 230 g/mol. The Kier molecular flexibility index (Phi) is 2.46. The second-order valence-electron chi connectivity index (χ2n) is 3.93. The Balaban J connectivity index is 2.12. The topological polar surface area (TPSA) is 49.6 Å². The number of aryl methyl sites for hydroxylation is 1. The SMILES string of the molecule is N#Cc1ccc2c(c1)CCC=C2c1cnsn1. The molecule has 3 rings (SSSR count). The first kappa shape index (κ1) is 10.2. The zero-order valence-electron chi connectivity index (χ0n) is 9.05. The smallest absolute Gasteiger partial charge is 0.104 e. The number of rotatable bonds is 1. The van der Waals surface area contributed by atoms with Crippen LogP contribution >= 0.6 is 11.7 Å². The average Bonchev–Trinajstić information content (AvgIpc) is 2.91. The predicted octanol–water partition coefficient (Wildman–Crippen LogP) is 2.79. The molecule has 0 amide bonds. The van der Waals surface area contributed by atoms with Gasteiger partial charge in [-0.3, -0.25) is 0 Å². The molecule has 2 aromatic rings. The first-order chi connectivity index (χ1) is 8.38. The van der Waals surface area contributed by atoms with Crippen LogP contribution in [0.15, 0.2) is 30.5 Å². The van der Waals surface area contributed by atoms with E-state index in [4.69, 9.17) is 5.26 Å². The summed E-state index contributed by atoms with van der Waals surface area (Å²) in [5, 5.41) is 8.90. The highest BCUT2D eigenvalue weighted by Gasteiger charge is 2.16. The number of nitriles is 1. The van der Waals surface area contributed by atoms with Crippen LogP contribution < -0.4 is 0 Å². The molecule has 17 heavy (non-hydrogen) atoms. The van der Waals surface area contributed by atoms with E-state index in [2.05, 4.69) is 20.9 Å². The standard InChI is InChI=1S/C13H9N3S/c14-7-9-4-5-11-10(6-9)2-1-3-12(11)13-8-15-17-16-13/h3-6,8H,1-2H2. The van der Waals surface area contributed by atoms with Gasteiger partial charge in [0.2, 0.25) is 0 Å². The molecule has 0 atom stereocenters. The molecule has 1 aromatic heterocycles. The number of nitrogens with zero attached hydrogens (tertiary/aromatic N) is 3.